The zero-order valence-electron chi connectivity index (χ0n) is 12.3. The van der Waals surface area contributed by atoms with Gasteiger partial charge in [0, 0.05) is 19.8 Å². The van der Waals surface area contributed by atoms with Crippen LogP contribution in [0.15, 0.2) is 12.3 Å². The van der Waals surface area contributed by atoms with E-state index in [0.717, 1.165) is 31.4 Å². The number of aromatic nitrogens is 2. The molecule has 1 rings (SSSR count). The van der Waals surface area contributed by atoms with Crippen molar-refractivity contribution in [2.75, 3.05) is 6.54 Å². The molecule has 5 heteroatoms. The summed E-state index contributed by atoms with van der Waals surface area (Å²) < 4.78 is 1.73. The number of carbonyl (C=O) groups excluding carboxylic acids is 1. The van der Waals surface area contributed by atoms with Crippen molar-refractivity contribution in [3.05, 3.63) is 18.0 Å². The van der Waals surface area contributed by atoms with E-state index < -0.39 is 5.41 Å². The van der Waals surface area contributed by atoms with Crippen LogP contribution in [0, 0.1) is 5.41 Å². The molecule has 0 aromatic carbocycles. The second-order valence-electron chi connectivity index (χ2n) is 5.15. The smallest absolute Gasteiger partial charge is 0.227 e. The Bertz CT molecular complexity index is 394. The molecule has 3 N–H and O–H groups in total. The molecule has 0 aliphatic heterocycles. The quantitative estimate of drug-likeness (QED) is 0.750. The second-order valence-corrected chi connectivity index (χ2v) is 5.15. The van der Waals surface area contributed by atoms with Gasteiger partial charge in [-0.2, -0.15) is 5.10 Å². The maximum Gasteiger partial charge on any atom is 0.227 e. The van der Waals surface area contributed by atoms with E-state index in [4.69, 9.17) is 5.73 Å². The van der Waals surface area contributed by atoms with E-state index in [1.54, 1.807) is 4.68 Å². The summed E-state index contributed by atoms with van der Waals surface area (Å²) in [5.74, 6) is 0.0596. The molecule has 0 spiro atoms. The average molecular weight is 266 g/mol. The first-order valence-corrected chi connectivity index (χ1v) is 7.05. The Labute approximate surface area is 115 Å². The molecule has 0 saturated carbocycles. The first-order chi connectivity index (χ1) is 9.07. The van der Waals surface area contributed by atoms with E-state index >= 15 is 0 Å². The molecule has 5 nitrogen and oxygen atoms in total. The number of nitrogens with zero attached hydrogens (tertiary/aromatic N) is 2. The minimum Gasteiger partial charge on any atom is -0.350 e. The predicted molar refractivity (Wildman–Crippen MR) is 76.4 cm³/mol. The van der Waals surface area contributed by atoms with Crippen LogP contribution in [0.25, 0.3) is 0 Å². The Morgan fingerprint density at radius 3 is 2.47 bits per heavy atom. The van der Waals surface area contributed by atoms with Crippen molar-refractivity contribution >= 4 is 5.91 Å². The fraction of sp³-hybridized carbons (Fsp3) is 0.714. The molecule has 1 heterocycles. The van der Waals surface area contributed by atoms with E-state index in [9.17, 15) is 4.79 Å². The van der Waals surface area contributed by atoms with Gasteiger partial charge in [0.2, 0.25) is 5.91 Å². The maximum atomic E-state index is 12.4. The lowest BCUT2D eigenvalue weighted by molar-refractivity contribution is -0.131. The van der Waals surface area contributed by atoms with Crippen LogP contribution in [0.2, 0.25) is 0 Å². The second kappa shape index (κ2) is 7.28. The Morgan fingerprint density at radius 1 is 1.42 bits per heavy atom. The summed E-state index contributed by atoms with van der Waals surface area (Å²) in [4.78, 5) is 12.4. The minimum absolute atomic E-state index is 0.0596. The van der Waals surface area contributed by atoms with Gasteiger partial charge in [0.1, 0.15) is 0 Å². The van der Waals surface area contributed by atoms with Gasteiger partial charge in [-0.25, -0.2) is 0 Å². The lowest BCUT2D eigenvalue weighted by Crippen LogP contribution is -2.45. The van der Waals surface area contributed by atoms with Crippen molar-refractivity contribution in [2.24, 2.45) is 18.2 Å². The Hall–Kier alpha value is -1.36. The van der Waals surface area contributed by atoms with Crippen molar-refractivity contribution in [3.8, 4) is 0 Å². The molecule has 1 aromatic heterocycles. The van der Waals surface area contributed by atoms with Crippen molar-refractivity contribution in [1.29, 1.82) is 0 Å². The summed E-state index contributed by atoms with van der Waals surface area (Å²) in [7, 11) is 1.86. The number of hydrogen-bond donors (Lipinski definition) is 2. The molecule has 0 radical (unpaired) electrons. The molecule has 19 heavy (non-hydrogen) atoms. The van der Waals surface area contributed by atoms with E-state index in [1.165, 1.54) is 0 Å². The van der Waals surface area contributed by atoms with Crippen LogP contribution >= 0.6 is 0 Å². The lowest BCUT2D eigenvalue weighted by Gasteiger charge is -2.30. The average Bonchev–Trinajstić information content (AvgIpc) is 2.81. The molecule has 0 aliphatic rings. The zero-order chi connectivity index (χ0) is 14.3. The molecule has 0 fully saturated rings. The normalized spacial score (nSPS) is 11.6. The highest BCUT2D eigenvalue weighted by molar-refractivity contribution is 5.82. The first kappa shape index (κ1) is 15.7. The fourth-order valence-electron chi connectivity index (χ4n) is 2.52. The molecule has 0 unspecified atom stereocenters. The van der Waals surface area contributed by atoms with Crippen LogP contribution in [0.3, 0.4) is 0 Å². The summed E-state index contributed by atoms with van der Waals surface area (Å²) in [6, 6.07) is 1.91. The van der Waals surface area contributed by atoms with E-state index in [1.807, 2.05) is 19.3 Å². The number of nitrogens with one attached hydrogen (secondary N) is 1. The minimum atomic E-state index is -0.418. The molecule has 1 aromatic rings. The predicted octanol–water partition coefficient (Wildman–Crippen LogP) is 1.58. The third-order valence-corrected chi connectivity index (χ3v) is 3.53. The number of carbonyl (C=O) groups is 1. The molecule has 0 bridgehead atoms. The first-order valence-electron chi connectivity index (χ1n) is 7.05. The van der Waals surface area contributed by atoms with Crippen LogP contribution in [-0.2, 0) is 18.4 Å². The van der Waals surface area contributed by atoms with E-state index in [0.29, 0.717) is 13.1 Å². The number of aryl methyl sites for hydroxylation is 1. The molecule has 0 aliphatic carbocycles. The van der Waals surface area contributed by atoms with Gasteiger partial charge in [0.15, 0.2) is 0 Å². The summed E-state index contributed by atoms with van der Waals surface area (Å²) in [5.41, 5.74) is 6.33. The Balaban J connectivity index is 2.65. The molecule has 0 saturated heterocycles. The highest BCUT2D eigenvalue weighted by Crippen LogP contribution is 2.29. The molecule has 0 atom stereocenters. The van der Waals surface area contributed by atoms with E-state index in [2.05, 4.69) is 24.3 Å². The molecular formula is C14H26N4O. The highest BCUT2D eigenvalue weighted by atomic mass is 16.2. The number of hydrogen-bond acceptors (Lipinski definition) is 3. The van der Waals surface area contributed by atoms with Crippen molar-refractivity contribution < 1.29 is 4.79 Å². The largest absolute Gasteiger partial charge is 0.350 e. The van der Waals surface area contributed by atoms with Gasteiger partial charge in [-0.3, -0.25) is 9.48 Å². The number of amides is 1. The summed E-state index contributed by atoms with van der Waals surface area (Å²) in [6.07, 6.45) is 5.48. The van der Waals surface area contributed by atoms with Crippen LogP contribution in [-0.4, -0.2) is 22.2 Å². The molecule has 108 valence electrons. The van der Waals surface area contributed by atoms with Crippen molar-refractivity contribution in [2.45, 2.75) is 46.1 Å². The monoisotopic (exact) mass is 266 g/mol. The number of rotatable bonds is 8. The third-order valence-electron chi connectivity index (χ3n) is 3.53. The van der Waals surface area contributed by atoms with Crippen molar-refractivity contribution in [1.82, 2.24) is 15.1 Å². The highest BCUT2D eigenvalue weighted by Gasteiger charge is 2.34. The third kappa shape index (κ3) is 4.06. The zero-order valence-corrected chi connectivity index (χ0v) is 12.3. The van der Waals surface area contributed by atoms with Crippen LogP contribution in [0.4, 0.5) is 0 Å². The van der Waals surface area contributed by atoms with E-state index in [-0.39, 0.29) is 5.91 Å². The number of nitrogens with two attached hydrogens (primary N) is 1. The van der Waals surface area contributed by atoms with Crippen LogP contribution < -0.4 is 11.1 Å². The van der Waals surface area contributed by atoms with Gasteiger partial charge >= 0.3 is 0 Å². The van der Waals surface area contributed by atoms with Crippen molar-refractivity contribution in [3.63, 3.8) is 0 Å². The van der Waals surface area contributed by atoms with Crippen LogP contribution in [0.5, 0.6) is 0 Å². The fourth-order valence-corrected chi connectivity index (χ4v) is 2.52. The van der Waals surface area contributed by atoms with Gasteiger partial charge < -0.3 is 11.1 Å². The SMILES string of the molecule is CCCC(CN)(CCC)C(=O)NCc1ccn(C)n1. The Morgan fingerprint density at radius 2 is 2.05 bits per heavy atom. The summed E-state index contributed by atoms with van der Waals surface area (Å²) in [6.45, 7) is 5.05. The van der Waals surface area contributed by atoms with Gasteiger partial charge in [-0.15, -0.1) is 0 Å². The summed E-state index contributed by atoms with van der Waals surface area (Å²) in [5, 5.41) is 7.23. The van der Waals surface area contributed by atoms with Gasteiger partial charge in [0.25, 0.3) is 0 Å². The Kier molecular flexibility index (Phi) is 6.02. The van der Waals surface area contributed by atoms with Gasteiger partial charge in [-0.1, -0.05) is 26.7 Å². The topological polar surface area (TPSA) is 72.9 Å². The molecular weight excluding hydrogens is 240 g/mol. The van der Waals surface area contributed by atoms with Crippen LogP contribution in [0.1, 0.15) is 45.2 Å². The summed E-state index contributed by atoms with van der Waals surface area (Å²) >= 11 is 0. The maximum absolute atomic E-state index is 12.4. The standard InChI is InChI=1S/C14H26N4O/c1-4-7-14(11-15,8-5-2)13(19)16-10-12-6-9-18(3)17-12/h6,9H,4-5,7-8,10-11,15H2,1-3H3,(H,16,19). The van der Waals surface area contributed by atoms with Gasteiger partial charge in [0.05, 0.1) is 17.7 Å². The van der Waals surface area contributed by atoms with Gasteiger partial charge in [-0.05, 0) is 18.9 Å². The molecule has 1 amide bonds. The lowest BCUT2D eigenvalue weighted by atomic mass is 9.78.